The normalized spacial score (nSPS) is 10.6. The maximum atomic E-state index is 13.6. The van der Waals surface area contributed by atoms with E-state index in [1.165, 1.54) is 39.8 Å². The minimum absolute atomic E-state index is 0.156. The lowest BCUT2D eigenvalue weighted by Gasteiger charge is -2.17. The Bertz CT molecular complexity index is 1480. The van der Waals surface area contributed by atoms with Crippen molar-refractivity contribution in [3.05, 3.63) is 72.3 Å². The van der Waals surface area contributed by atoms with Crippen LogP contribution in [-0.2, 0) is 4.79 Å². The van der Waals surface area contributed by atoms with Gasteiger partial charge in [-0.05, 0) is 35.7 Å². The molecule has 3 aromatic carbocycles. The summed E-state index contributed by atoms with van der Waals surface area (Å²) in [6.07, 6.45) is 0. The van der Waals surface area contributed by atoms with E-state index >= 15 is 0 Å². The third-order valence-electron chi connectivity index (χ3n) is 5.87. The van der Waals surface area contributed by atoms with Gasteiger partial charge in [-0.15, -0.1) is 11.3 Å². The van der Waals surface area contributed by atoms with Crippen LogP contribution in [-0.4, -0.2) is 51.9 Å². The zero-order chi connectivity index (χ0) is 27.4. The first kappa shape index (κ1) is 26.6. The molecule has 0 aliphatic heterocycles. The third kappa shape index (κ3) is 5.14. The van der Waals surface area contributed by atoms with Crippen molar-refractivity contribution in [3.8, 4) is 39.2 Å². The number of rotatable bonds is 11. The second-order valence-corrected chi connectivity index (χ2v) is 9.19. The summed E-state index contributed by atoms with van der Waals surface area (Å²) in [5.41, 5.74) is 1.48. The van der Waals surface area contributed by atoms with Gasteiger partial charge in [-0.1, -0.05) is 24.8 Å². The molecule has 0 radical (unpaired) electrons. The van der Waals surface area contributed by atoms with Crippen LogP contribution in [0.15, 0.2) is 61.2 Å². The molecule has 1 N–H and O–H groups in total. The first-order valence-electron chi connectivity index (χ1n) is 11.4. The van der Waals surface area contributed by atoms with Gasteiger partial charge in [-0.25, -0.2) is 4.79 Å². The third-order valence-corrected chi connectivity index (χ3v) is 7.02. The summed E-state index contributed by atoms with van der Waals surface area (Å²) in [6.45, 7) is 3.53. The Hall–Kier alpha value is -4.50. The minimum Gasteiger partial charge on any atom is -0.496 e. The number of aliphatic carboxylic acids is 1. The molecule has 1 heterocycles. The summed E-state index contributed by atoms with van der Waals surface area (Å²) in [7, 11) is 5.87. The van der Waals surface area contributed by atoms with Gasteiger partial charge >= 0.3 is 5.97 Å². The molecule has 9 heteroatoms. The van der Waals surface area contributed by atoms with Gasteiger partial charge in [-0.2, -0.15) is 0 Å². The van der Waals surface area contributed by atoms with E-state index in [0.717, 1.165) is 15.0 Å². The van der Waals surface area contributed by atoms with Crippen molar-refractivity contribution in [3.63, 3.8) is 0 Å². The molecule has 0 spiro atoms. The Balaban J connectivity index is 1.84. The Labute approximate surface area is 223 Å². The van der Waals surface area contributed by atoms with Crippen LogP contribution in [0.3, 0.4) is 0 Å². The van der Waals surface area contributed by atoms with E-state index in [9.17, 15) is 14.7 Å². The second kappa shape index (κ2) is 11.3. The zero-order valence-electron chi connectivity index (χ0n) is 21.3. The lowest BCUT2D eigenvalue weighted by atomic mass is 9.94. The highest BCUT2D eigenvalue weighted by molar-refractivity contribution is 7.22. The van der Waals surface area contributed by atoms with E-state index in [4.69, 9.17) is 23.7 Å². The molecular weight excluding hydrogens is 508 g/mol. The fraction of sp³-hybridized carbons (Fsp3) is 0.172. The molecule has 0 fully saturated rings. The summed E-state index contributed by atoms with van der Waals surface area (Å²) in [6, 6.07) is 16.3. The predicted molar refractivity (Wildman–Crippen MR) is 146 cm³/mol. The van der Waals surface area contributed by atoms with Crippen LogP contribution in [0.1, 0.15) is 15.9 Å². The number of carboxylic acid groups (broad SMARTS) is 1. The number of methoxy groups -OCH3 is 4. The molecule has 0 saturated carbocycles. The number of fused-ring (bicyclic) bond motifs is 1. The number of ketones is 1. The summed E-state index contributed by atoms with van der Waals surface area (Å²) >= 11 is 1.52. The number of carbonyl (C=O) groups is 2. The van der Waals surface area contributed by atoms with Crippen molar-refractivity contribution < 1.29 is 38.4 Å². The van der Waals surface area contributed by atoms with E-state index < -0.39 is 12.6 Å². The zero-order valence-corrected chi connectivity index (χ0v) is 22.1. The van der Waals surface area contributed by atoms with Crippen LogP contribution in [0, 0.1) is 0 Å². The maximum Gasteiger partial charge on any atom is 0.341 e. The van der Waals surface area contributed by atoms with Crippen molar-refractivity contribution in [1.82, 2.24) is 0 Å². The summed E-state index contributed by atoms with van der Waals surface area (Å²) < 4.78 is 28.4. The molecule has 0 aliphatic rings. The minimum atomic E-state index is -1.11. The number of hydrogen-bond acceptors (Lipinski definition) is 8. The van der Waals surface area contributed by atoms with E-state index in [1.54, 1.807) is 24.3 Å². The highest BCUT2D eigenvalue weighted by atomic mass is 32.1. The summed E-state index contributed by atoms with van der Waals surface area (Å²) in [4.78, 5) is 25.7. The van der Waals surface area contributed by atoms with Gasteiger partial charge in [0.1, 0.15) is 11.5 Å². The molecule has 8 nitrogen and oxygen atoms in total. The van der Waals surface area contributed by atoms with Crippen molar-refractivity contribution >= 4 is 38.7 Å². The summed E-state index contributed by atoms with van der Waals surface area (Å²) in [5, 5.41) is 10.2. The SMILES string of the molecule is C=C(C(=O)c1cc(OC)c(OC)c(OC)c1)c1cc(-c2cc3ccccc3s2)c(OCC(=O)O)cc1OC. The predicted octanol–water partition coefficient (Wildman–Crippen LogP) is 5.96. The number of thiophene rings is 1. The number of carbonyl (C=O) groups excluding carboxylic acids is 1. The van der Waals surface area contributed by atoms with Gasteiger partial charge in [0.15, 0.2) is 23.9 Å². The number of benzene rings is 3. The molecule has 0 bridgehead atoms. The van der Waals surface area contributed by atoms with Crippen LogP contribution < -0.4 is 23.7 Å². The first-order valence-corrected chi connectivity index (χ1v) is 12.2. The standard InChI is InChI=1S/C29H26O8S/c1-16(28(32)18-10-23(34-3)29(36-5)24(11-18)35-4)19-13-20(22(14-21(19)33-2)37-15-27(30)31)26-12-17-8-6-7-9-25(17)38-26/h6-14H,1,15H2,2-5H3,(H,30,31). The molecule has 1 aromatic heterocycles. The Morgan fingerprint density at radius 2 is 1.50 bits per heavy atom. The van der Waals surface area contributed by atoms with Gasteiger partial charge in [0, 0.05) is 37.9 Å². The summed E-state index contributed by atoms with van der Waals surface area (Å²) in [5.74, 6) is 0.147. The lowest BCUT2D eigenvalue weighted by Crippen LogP contribution is -2.11. The maximum absolute atomic E-state index is 13.6. The average Bonchev–Trinajstić information content (AvgIpc) is 3.38. The topological polar surface area (TPSA) is 101 Å². The second-order valence-electron chi connectivity index (χ2n) is 8.10. The largest absolute Gasteiger partial charge is 0.496 e. The number of Topliss-reactive ketones (excluding diaryl/α,β-unsaturated/α-hetero) is 1. The van der Waals surface area contributed by atoms with Crippen LogP contribution in [0.4, 0.5) is 0 Å². The molecule has 4 rings (SSSR count). The monoisotopic (exact) mass is 534 g/mol. The molecule has 0 aliphatic carbocycles. The average molecular weight is 535 g/mol. The molecule has 0 saturated heterocycles. The van der Waals surface area contributed by atoms with E-state index in [1.807, 2.05) is 30.3 Å². The number of hydrogen-bond donors (Lipinski definition) is 1. The lowest BCUT2D eigenvalue weighted by molar-refractivity contribution is -0.139. The molecule has 38 heavy (non-hydrogen) atoms. The molecular formula is C29H26O8S. The molecule has 0 atom stereocenters. The Morgan fingerprint density at radius 1 is 0.842 bits per heavy atom. The van der Waals surface area contributed by atoms with E-state index in [-0.39, 0.29) is 16.9 Å². The van der Waals surface area contributed by atoms with Gasteiger partial charge in [0.05, 0.1) is 28.4 Å². The molecule has 0 amide bonds. The molecule has 4 aromatic rings. The highest BCUT2D eigenvalue weighted by Gasteiger charge is 2.24. The Morgan fingerprint density at radius 3 is 2.08 bits per heavy atom. The van der Waals surface area contributed by atoms with Crippen molar-refractivity contribution in [2.75, 3.05) is 35.0 Å². The molecule has 196 valence electrons. The van der Waals surface area contributed by atoms with Gasteiger partial charge in [0.2, 0.25) is 5.75 Å². The fourth-order valence-corrected chi connectivity index (χ4v) is 5.12. The molecule has 0 unspecified atom stereocenters. The number of carboxylic acids is 1. The first-order chi connectivity index (χ1) is 18.3. The fourth-order valence-electron chi connectivity index (χ4n) is 4.04. The van der Waals surface area contributed by atoms with Gasteiger partial charge < -0.3 is 28.8 Å². The van der Waals surface area contributed by atoms with Crippen molar-refractivity contribution in [1.29, 1.82) is 0 Å². The number of ether oxygens (including phenoxy) is 5. The van der Waals surface area contributed by atoms with Gasteiger partial charge in [0.25, 0.3) is 0 Å². The van der Waals surface area contributed by atoms with Crippen LogP contribution in [0.25, 0.3) is 26.1 Å². The quantitative estimate of drug-likeness (QED) is 0.186. The smallest absolute Gasteiger partial charge is 0.341 e. The van der Waals surface area contributed by atoms with Crippen LogP contribution in [0.2, 0.25) is 0 Å². The van der Waals surface area contributed by atoms with E-state index in [0.29, 0.717) is 39.9 Å². The number of allylic oxidation sites excluding steroid dienone is 1. The van der Waals surface area contributed by atoms with E-state index in [2.05, 4.69) is 6.58 Å². The highest BCUT2D eigenvalue weighted by Crippen LogP contribution is 2.44. The van der Waals surface area contributed by atoms with Crippen molar-refractivity contribution in [2.24, 2.45) is 0 Å². The van der Waals surface area contributed by atoms with Crippen LogP contribution in [0.5, 0.6) is 28.7 Å². The Kier molecular flexibility index (Phi) is 7.87. The van der Waals surface area contributed by atoms with Gasteiger partial charge in [-0.3, -0.25) is 4.79 Å². The van der Waals surface area contributed by atoms with Crippen LogP contribution >= 0.6 is 11.3 Å². The van der Waals surface area contributed by atoms with Crippen molar-refractivity contribution in [2.45, 2.75) is 0 Å².